The minimum absolute atomic E-state index is 0.0119. The number of hydrogen-bond acceptors (Lipinski definition) is 3. The van der Waals surface area contributed by atoms with E-state index in [-0.39, 0.29) is 5.91 Å². The minimum Gasteiger partial charge on any atom is -0.494 e. The molecule has 20 heavy (non-hydrogen) atoms. The Balaban J connectivity index is 1.62. The molecule has 108 valence electrons. The number of amides is 1. The van der Waals surface area contributed by atoms with Crippen LogP contribution in [0.15, 0.2) is 24.3 Å². The Kier molecular flexibility index (Phi) is 3.92. The summed E-state index contributed by atoms with van der Waals surface area (Å²) in [6, 6.07) is 8.89. The molecule has 2 saturated heterocycles. The van der Waals surface area contributed by atoms with Crippen LogP contribution in [0, 0.1) is 0 Å². The third kappa shape index (κ3) is 2.96. The van der Waals surface area contributed by atoms with Crippen molar-refractivity contribution >= 4 is 5.91 Å². The van der Waals surface area contributed by atoms with Crippen molar-refractivity contribution in [3.8, 4) is 5.75 Å². The number of piperidine rings is 1. The van der Waals surface area contributed by atoms with E-state index in [0.717, 1.165) is 18.6 Å². The molecule has 2 atom stereocenters. The summed E-state index contributed by atoms with van der Waals surface area (Å²) in [5.74, 6) is 0.767. The molecule has 2 unspecified atom stereocenters. The molecule has 0 saturated carbocycles. The summed E-state index contributed by atoms with van der Waals surface area (Å²) in [6.07, 6.45) is 4.59. The quantitative estimate of drug-likeness (QED) is 0.884. The summed E-state index contributed by atoms with van der Waals surface area (Å²) in [5.41, 5.74) is 0.682. The van der Waals surface area contributed by atoms with Crippen molar-refractivity contribution in [3.63, 3.8) is 0 Å². The molecule has 0 spiro atoms. The summed E-state index contributed by atoms with van der Waals surface area (Å²) in [7, 11) is 0. The summed E-state index contributed by atoms with van der Waals surface area (Å²) in [6.45, 7) is 2.56. The van der Waals surface area contributed by atoms with Crippen LogP contribution in [0.2, 0.25) is 0 Å². The number of carbonyl (C=O) groups is 1. The highest BCUT2D eigenvalue weighted by molar-refractivity contribution is 5.94. The normalized spacial score (nSPS) is 28.1. The van der Waals surface area contributed by atoms with Crippen LogP contribution in [0.25, 0.3) is 0 Å². The van der Waals surface area contributed by atoms with Gasteiger partial charge in [0.25, 0.3) is 5.91 Å². The lowest BCUT2D eigenvalue weighted by Crippen LogP contribution is -2.48. The molecule has 0 aliphatic carbocycles. The molecule has 4 nitrogen and oxygen atoms in total. The molecule has 2 heterocycles. The number of nitrogens with one attached hydrogen (secondary N) is 2. The third-order valence-electron chi connectivity index (χ3n) is 4.22. The summed E-state index contributed by atoms with van der Waals surface area (Å²) in [4.78, 5) is 12.3. The van der Waals surface area contributed by atoms with Gasteiger partial charge < -0.3 is 15.4 Å². The molecule has 1 aromatic carbocycles. The predicted molar refractivity (Wildman–Crippen MR) is 78.0 cm³/mol. The fourth-order valence-corrected chi connectivity index (χ4v) is 3.34. The Bertz CT molecular complexity index is 477. The van der Waals surface area contributed by atoms with E-state index in [1.807, 2.05) is 31.2 Å². The zero-order valence-corrected chi connectivity index (χ0v) is 11.9. The van der Waals surface area contributed by atoms with E-state index in [4.69, 9.17) is 4.74 Å². The molecule has 2 aliphatic heterocycles. The lowest BCUT2D eigenvalue weighted by molar-refractivity contribution is 0.0923. The number of carbonyl (C=O) groups excluding carboxylic acids is 1. The highest BCUT2D eigenvalue weighted by Crippen LogP contribution is 2.27. The van der Waals surface area contributed by atoms with E-state index in [0.29, 0.717) is 30.3 Å². The molecule has 2 bridgehead atoms. The van der Waals surface area contributed by atoms with Crippen LogP contribution in [-0.4, -0.2) is 30.6 Å². The number of hydrogen-bond donors (Lipinski definition) is 2. The van der Waals surface area contributed by atoms with Crippen molar-refractivity contribution in [1.29, 1.82) is 0 Å². The van der Waals surface area contributed by atoms with E-state index in [1.165, 1.54) is 12.8 Å². The van der Waals surface area contributed by atoms with E-state index in [9.17, 15) is 4.79 Å². The monoisotopic (exact) mass is 274 g/mol. The van der Waals surface area contributed by atoms with Gasteiger partial charge in [0.05, 0.1) is 6.61 Å². The Labute approximate surface area is 119 Å². The molecular formula is C16H22N2O2. The second-order valence-electron chi connectivity index (χ2n) is 5.74. The number of ether oxygens (including phenoxy) is 1. The van der Waals surface area contributed by atoms with E-state index in [2.05, 4.69) is 10.6 Å². The Morgan fingerprint density at radius 1 is 1.35 bits per heavy atom. The van der Waals surface area contributed by atoms with Crippen LogP contribution in [0.5, 0.6) is 5.75 Å². The maximum absolute atomic E-state index is 12.3. The largest absolute Gasteiger partial charge is 0.494 e. The first-order valence-corrected chi connectivity index (χ1v) is 7.54. The number of fused-ring (bicyclic) bond motifs is 2. The average Bonchev–Trinajstić information content (AvgIpc) is 2.79. The van der Waals surface area contributed by atoms with Crippen molar-refractivity contribution in [3.05, 3.63) is 29.8 Å². The molecule has 2 N–H and O–H groups in total. The maximum atomic E-state index is 12.3. The lowest BCUT2D eigenvalue weighted by Gasteiger charge is -2.29. The maximum Gasteiger partial charge on any atom is 0.251 e. The van der Waals surface area contributed by atoms with Crippen molar-refractivity contribution in [2.24, 2.45) is 0 Å². The molecular weight excluding hydrogens is 252 g/mol. The van der Waals surface area contributed by atoms with Gasteiger partial charge >= 0.3 is 0 Å². The topological polar surface area (TPSA) is 50.4 Å². The highest BCUT2D eigenvalue weighted by atomic mass is 16.5. The van der Waals surface area contributed by atoms with Crippen molar-refractivity contribution < 1.29 is 9.53 Å². The van der Waals surface area contributed by atoms with Gasteiger partial charge in [0, 0.05) is 23.7 Å². The van der Waals surface area contributed by atoms with Gasteiger partial charge in [-0.2, -0.15) is 0 Å². The van der Waals surface area contributed by atoms with Crippen LogP contribution in [-0.2, 0) is 0 Å². The first kappa shape index (κ1) is 13.4. The van der Waals surface area contributed by atoms with Crippen molar-refractivity contribution in [2.45, 2.75) is 50.7 Å². The number of rotatable bonds is 4. The van der Waals surface area contributed by atoms with Gasteiger partial charge in [0.2, 0.25) is 0 Å². The summed E-state index contributed by atoms with van der Waals surface area (Å²) < 4.78 is 5.44. The summed E-state index contributed by atoms with van der Waals surface area (Å²) >= 11 is 0. The first-order valence-electron chi connectivity index (χ1n) is 7.54. The van der Waals surface area contributed by atoms with Crippen LogP contribution in [0.3, 0.4) is 0 Å². The second kappa shape index (κ2) is 5.83. The SMILES string of the molecule is CCOc1cccc(C(=O)NC2CC3CCC(C2)N3)c1. The predicted octanol–water partition coefficient (Wildman–Crippen LogP) is 2.10. The Morgan fingerprint density at radius 2 is 2.10 bits per heavy atom. The molecule has 0 aromatic heterocycles. The van der Waals surface area contributed by atoms with E-state index in [1.54, 1.807) is 0 Å². The molecule has 1 amide bonds. The molecule has 1 aromatic rings. The lowest BCUT2D eigenvalue weighted by atomic mass is 9.99. The van der Waals surface area contributed by atoms with Gasteiger partial charge in [-0.15, -0.1) is 0 Å². The zero-order chi connectivity index (χ0) is 13.9. The van der Waals surface area contributed by atoms with Gasteiger partial charge in [-0.05, 0) is 50.8 Å². The van der Waals surface area contributed by atoms with Crippen LogP contribution >= 0.6 is 0 Å². The van der Waals surface area contributed by atoms with Crippen molar-refractivity contribution in [1.82, 2.24) is 10.6 Å². The van der Waals surface area contributed by atoms with Gasteiger partial charge in [0.15, 0.2) is 0 Å². The standard InChI is InChI=1S/C16H22N2O2/c1-2-20-15-5-3-4-11(8-15)16(19)18-14-9-12-6-7-13(10-14)17-12/h3-5,8,12-14,17H,2,6-7,9-10H2,1H3,(H,18,19). The van der Waals surface area contributed by atoms with Crippen LogP contribution in [0.1, 0.15) is 43.0 Å². The molecule has 4 heteroatoms. The van der Waals surface area contributed by atoms with Crippen LogP contribution < -0.4 is 15.4 Å². The molecule has 2 aliphatic rings. The van der Waals surface area contributed by atoms with Gasteiger partial charge in [-0.25, -0.2) is 0 Å². The Hall–Kier alpha value is -1.55. The van der Waals surface area contributed by atoms with Gasteiger partial charge in [-0.3, -0.25) is 4.79 Å². The van der Waals surface area contributed by atoms with E-state index >= 15 is 0 Å². The molecule has 0 radical (unpaired) electrons. The Morgan fingerprint density at radius 3 is 2.80 bits per heavy atom. The molecule has 3 rings (SSSR count). The summed E-state index contributed by atoms with van der Waals surface area (Å²) in [5, 5.41) is 6.76. The van der Waals surface area contributed by atoms with Crippen molar-refractivity contribution in [2.75, 3.05) is 6.61 Å². The van der Waals surface area contributed by atoms with Crippen LogP contribution in [0.4, 0.5) is 0 Å². The van der Waals surface area contributed by atoms with E-state index < -0.39 is 0 Å². The zero-order valence-electron chi connectivity index (χ0n) is 11.9. The first-order chi connectivity index (χ1) is 9.74. The average molecular weight is 274 g/mol. The molecule has 2 fully saturated rings. The minimum atomic E-state index is 0.0119. The van der Waals surface area contributed by atoms with Gasteiger partial charge in [-0.1, -0.05) is 6.07 Å². The highest BCUT2D eigenvalue weighted by Gasteiger charge is 2.34. The van der Waals surface area contributed by atoms with Gasteiger partial charge in [0.1, 0.15) is 5.75 Å². The third-order valence-corrected chi connectivity index (χ3v) is 4.22. The number of benzene rings is 1. The fraction of sp³-hybridized carbons (Fsp3) is 0.562. The smallest absolute Gasteiger partial charge is 0.251 e. The second-order valence-corrected chi connectivity index (χ2v) is 5.74. The fourth-order valence-electron chi connectivity index (χ4n) is 3.34.